The van der Waals surface area contributed by atoms with Gasteiger partial charge in [-0.15, -0.1) is 11.8 Å². The summed E-state index contributed by atoms with van der Waals surface area (Å²) >= 11 is 1.44. The number of hydrogen-bond acceptors (Lipinski definition) is 5. The van der Waals surface area contributed by atoms with Crippen LogP contribution in [0.4, 0.5) is 4.79 Å². The van der Waals surface area contributed by atoms with E-state index >= 15 is 0 Å². The van der Waals surface area contributed by atoms with Crippen LogP contribution in [0.15, 0.2) is 35.7 Å². The highest BCUT2D eigenvalue weighted by atomic mass is 32.2. The minimum Gasteiger partial charge on any atom is -0.444 e. The molecule has 1 fully saturated rings. The van der Waals surface area contributed by atoms with Gasteiger partial charge in [0.2, 0.25) is 11.8 Å². The molecule has 1 aromatic rings. The van der Waals surface area contributed by atoms with Crippen molar-refractivity contribution in [2.24, 2.45) is 0 Å². The number of thioether (sulfide) groups is 1. The molecule has 3 amide bonds. The van der Waals surface area contributed by atoms with Crippen LogP contribution in [0.5, 0.6) is 0 Å². The van der Waals surface area contributed by atoms with Gasteiger partial charge in [0.05, 0.1) is 11.4 Å². The summed E-state index contributed by atoms with van der Waals surface area (Å²) in [6, 6.07) is 9.61. The molecular weight excluding hydrogens is 390 g/mol. The summed E-state index contributed by atoms with van der Waals surface area (Å²) in [5.41, 5.74) is 1.12. The molecule has 0 atom stereocenters. The largest absolute Gasteiger partial charge is 0.444 e. The molecule has 0 saturated carbocycles. The second-order valence-electron chi connectivity index (χ2n) is 8.01. The highest BCUT2D eigenvalue weighted by Gasteiger charge is 2.31. The highest BCUT2D eigenvalue weighted by Crippen LogP contribution is 2.28. The molecule has 0 bridgehead atoms. The maximum Gasteiger partial charge on any atom is 0.410 e. The Bertz CT molecular complexity index is 796. The van der Waals surface area contributed by atoms with Crippen LogP contribution in [0.3, 0.4) is 0 Å². The van der Waals surface area contributed by atoms with Gasteiger partial charge in [-0.1, -0.05) is 30.3 Å². The minimum absolute atomic E-state index is 0.00651. The molecular formula is C21H27N3O4S. The van der Waals surface area contributed by atoms with Crippen LogP contribution in [-0.4, -0.2) is 76.7 Å². The van der Waals surface area contributed by atoms with Crippen LogP contribution in [0, 0.1) is 0 Å². The fourth-order valence-electron chi connectivity index (χ4n) is 3.17. The zero-order valence-electron chi connectivity index (χ0n) is 17.1. The van der Waals surface area contributed by atoms with Crippen LogP contribution in [0.25, 0.3) is 5.70 Å². The lowest BCUT2D eigenvalue weighted by Gasteiger charge is -2.37. The molecule has 0 aliphatic carbocycles. The molecule has 8 heteroatoms. The quantitative estimate of drug-likeness (QED) is 0.756. The van der Waals surface area contributed by atoms with Crippen LogP contribution < -0.4 is 0 Å². The first-order valence-electron chi connectivity index (χ1n) is 9.68. The topological polar surface area (TPSA) is 70.2 Å². The van der Waals surface area contributed by atoms with Crippen molar-refractivity contribution >= 4 is 35.4 Å². The number of carbonyl (C=O) groups is 3. The lowest BCUT2D eigenvalue weighted by atomic mass is 10.1. The van der Waals surface area contributed by atoms with Gasteiger partial charge in [0.25, 0.3) is 0 Å². The molecule has 156 valence electrons. The Hall–Kier alpha value is -2.48. The van der Waals surface area contributed by atoms with Gasteiger partial charge in [-0.05, 0) is 31.7 Å². The minimum atomic E-state index is -0.545. The summed E-state index contributed by atoms with van der Waals surface area (Å²) in [6.07, 6.45) is -0.359. The molecule has 0 radical (unpaired) electrons. The lowest BCUT2D eigenvalue weighted by molar-refractivity contribution is -0.138. The lowest BCUT2D eigenvalue weighted by Crippen LogP contribution is -2.53. The molecule has 2 aliphatic rings. The van der Waals surface area contributed by atoms with E-state index in [4.69, 9.17) is 4.74 Å². The van der Waals surface area contributed by atoms with Crippen molar-refractivity contribution in [3.63, 3.8) is 0 Å². The van der Waals surface area contributed by atoms with E-state index in [0.717, 1.165) is 11.3 Å². The van der Waals surface area contributed by atoms with E-state index in [2.05, 4.69) is 0 Å². The monoisotopic (exact) mass is 417 g/mol. The second-order valence-corrected chi connectivity index (χ2v) is 8.87. The normalized spacial score (nSPS) is 17.8. The van der Waals surface area contributed by atoms with Gasteiger partial charge < -0.3 is 19.4 Å². The van der Waals surface area contributed by atoms with E-state index in [1.807, 2.05) is 56.5 Å². The molecule has 0 aromatic heterocycles. The van der Waals surface area contributed by atoms with E-state index in [1.54, 1.807) is 14.7 Å². The zero-order chi connectivity index (χ0) is 21.0. The van der Waals surface area contributed by atoms with Crippen molar-refractivity contribution in [2.45, 2.75) is 26.4 Å². The third kappa shape index (κ3) is 5.53. The summed E-state index contributed by atoms with van der Waals surface area (Å²) in [5, 5.41) is 1.93. The van der Waals surface area contributed by atoms with E-state index in [0.29, 0.717) is 31.9 Å². The van der Waals surface area contributed by atoms with Gasteiger partial charge in [0.15, 0.2) is 0 Å². The zero-order valence-corrected chi connectivity index (χ0v) is 17.9. The van der Waals surface area contributed by atoms with Gasteiger partial charge in [0, 0.05) is 26.2 Å². The molecule has 29 heavy (non-hydrogen) atoms. The molecule has 1 aromatic carbocycles. The molecule has 0 unspecified atom stereocenters. The molecule has 2 heterocycles. The maximum atomic E-state index is 12.9. The summed E-state index contributed by atoms with van der Waals surface area (Å²) in [5.74, 6) is 0.142. The fraction of sp³-hybridized carbons (Fsp3) is 0.476. The van der Waals surface area contributed by atoms with Gasteiger partial charge in [-0.3, -0.25) is 9.59 Å². The SMILES string of the molecule is CC(C)(C)OC(=O)N1CCN(C(=O)CN2C(=O)CSC=C2c2ccccc2)CC1. The summed E-state index contributed by atoms with van der Waals surface area (Å²) in [7, 11) is 0. The van der Waals surface area contributed by atoms with Crippen LogP contribution in [-0.2, 0) is 14.3 Å². The average Bonchev–Trinajstić information content (AvgIpc) is 2.69. The summed E-state index contributed by atoms with van der Waals surface area (Å²) in [4.78, 5) is 42.4. The molecule has 0 N–H and O–H groups in total. The van der Waals surface area contributed by atoms with Gasteiger partial charge in [-0.25, -0.2) is 4.79 Å². The number of rotatable bonds is 3. The Morgan fingerprint density at radius 2 is 1.66 bits per heavy atom. The number of benzene rings is 1. The predicted molar refractivity (Wildman–Crippen MR) is 113 cm³/mol. The number of ether oxygens (including phenoxy) is 1. The summed E-state index contributed by atoms with van der Waals surface area (Å²) in [6.45, 7) is 7.20. The predicted octanol–water partition coefficient (Wildman–Crippen LogP) is 2.64. The van der Waals surface area contributed by atoms with Crippen molar-refractivity contribution < 1.29 is 19.1 Å². The number of piperazine rings is 1. The van der Waals surface area contributed by atoms with Crippen molar-refractivity contribution in [3.05, 3.63) is 41.3 Å². The third-order valence-electron chi connectivity index (χ3n) is 4.64. The smallest absolute Gasteiger partial charge is 0.410 e. The standard InChI is InChI=1S/C21H27N3O4S/c1-21(2,3)28-20(27)23-11-9-22(10-12-23)18(25)13-24-17(14-29-15-19(24)26)16-7-5-4-6-8-16/h4-8,14H,9-13,15H2,1-3H3. The third-order valence-corrected chi connectivity index (χ3v) is 5.44. The van der Waals surface area contributed by atoms with E-state index < -0.39 is 5.60 Å². The Kier molecular flexibility index (Phi) is 6.52. The number of hydrogen-bond donors (Lipinski definition) is 0. The van der Waals surface area contributed by atoms with Gasteiger partial charge >= 0.3 is 6.09 Å². The van der Waals surface area contributed by atoms with Crippen LogP contribution in [0.1, 0.15) is 26.3 Å². The Morgan fingerprint density at radius 1 is 1.03 bits per heavy atom. The Labute approximate surface area is 175 Å². The fourth-order valence-corrected chi connectivity index (χ4v) is 3.98. The maximum absolute atomic E-state index is 12.9. The van der Waals surface area contributed by atoms with Crippen molar-refractivity contribution in [3.8, 4) is 0 Å². The molecule has 2 aliphatic heterocycles. The number of amides is 3. The number of carbonyl (C=O) groups excluding carboxylic acids is 3. The first kappa shape index (κ1) is 21.2. The second kappa shape index (κ2) is 8.90. The van der Waals surface area contributed by atoms with Gasteiger partial charge in [-0.2, -0.15) is 0 Å². The Morgan fingerprint density at radius 3 is 2.28 bits per heavy atom. The first-order valence-corrected chi connectivity index (χ1v) is 10.7. The highest BCUT2D eigenvalue weighted by molar-refractivity contribution is 8.03. The average molecular weight is 418 g/mol. The number of nitrogens with zero attached hydrogens (tertiary/aromatic N) is 3. The van der Waals surface area contributed by atoms with E-state index in [-0.39, 0.29) is 24.5 Å². The van der Waals surface area contributed by atoms with E-state index in [1.165, 1.54) is 11.8 Å². The van der Waals surface area contributed by atoms with Crippen molar-refractivity contribution in [1.29, 1.82) is 0 Å². The molecule has 1 saturated heterocycles. The van der Waals surface area contributed by atoms with Crippen molar-refractivity contribution in [2.75, 3.05) is 38.5 Å². The summed E-state index contributed by atoms with van der Waals surface area (Å²) < 4.78 is 5.39. The van der Waals surface area contributed by atoms with Crippen LogP contribution >= 0.6 is 11.8 Å². The molecule has 3 rings (SSSR count). The molecule has 0 spiro atoms. The Balaban J connectivity index is 1.60. The van der Waals surface area contributed by atoms with Crippen LogP contribution in [0.2, 0.25) is 0 Å². The molecule has 7 nitrogen and oxygen atoms in total. The van der Waals surface area contributed by atoms with Gasteiger partial charge in [0.1, 0.15) is 12.1 Å². The van der Waals surface area contributed by atoms with Crippen molar-refractivity contribution in [1.82, 2.24) is 14.7 Å². The van der Waals surface area contributed by atoms with E-state index in [9.17, 15) is 14.4 Å². The first-order chi connectivity index (χ1) is 13.7.